The van der Waals surface area contributed by atoms with Gasteiger partial charge in [-0.3, -0.25) is 14.2 Å². The number of carbonyl (C=O) groups excluding carboxylic acids is 2. The zero-order chi connectivity index (χ0) is 21.1. The maximum Gasteiger partial charge on any atom is 0.346 e. The number of amides is 2. The van der Waals surface area contributed by atoms with Crippen LogP contribution in [0.3, 0.4) is 0 Å². The van der Waals surface area contributed by atoms with Gasteiger partial charge in [-0.1, -0.05) is 18.6 Å². The molecule has 1 fully saturated rings. The molecule has 0 unspecified atom stereocenters. The first-order valence-electron chi connectivity index (χ1n) is 10.5. The van der Waals surface area contributed by atoms with Gasteiger partial charge in [0.15, 0.2) is 0 Å². The first-order valence-corrected chi connectivity index (χ1v) is 10.5. The van der Waals surface area contributed by atoms with Crippen LogP contribution in [0.5, 0.6) is 0 Å². The van der Waals surface area contributed by atoms with Crippen LogP contribution in [0.1, 0.15) is 30.7 Å². The predicted octanol–water partition coefficient (Wildman–Crippen LogP) is 0.824. The highest BCUT2D eigenvalue weighted by Crippen LogP contribution is 2.11. The topological polar surface area (TPSA) is 80.4 Å². The van der Waals surface area contributed by atoms with Crippen LogP contribution >= 0.6 is 0 Å². The number of aromatic nitrogens is 3. The number of nitrogens with zero attached hydrogens (tertiary/aromatic N) is 5. The molecular weight excluding hydrogens is 389 g/mol. The summed E-state index contributed by atoms with van der Waals surface area (Å²) < 4.78 is 16.0. The molecule has 2 aliphatic rings. The fourth-order valence-electron chi connectivity index (χ4n) is 4.05. The summed E-state index contributed by atoms with van der Waals surface area (Å²) in [4.78, 5) is 41.1. The third-order valence-electron chi connectivity index (χ3n) is 5.82. The van der Waals surface area contributed by atoms with Crippen LogP contribution in [0.25, 0.3) is 0 Å². The lowest BCUT2D eigenvalue weighted by atomic mass is 10.1. The highest BCUT2D eigenvalue weighted by atomic mass is 19.1. The van der Waals surface area contributed by atoms with E-state index in [0.717, 1.165) is 37.1 Å². The quantitative estimate of drug-likeness (QED) is 0.741. The van der Waals surface area contributed by atoms with E-state index in [1.54, 1.807) is 26.5 Å². The van der Waals surface area contributed by atoms with Gasteiger partial charge < -0.3 is 9.80 Å². The van der Waals surface area contributed by atoms with Gasteiger partial charge in [0.05, 0.1) is 6.42 Å². The molecule has 0 atom stereocenters. The molecular formula is C21H26FN5O3. The van der Waals surface area contributed by atoms with Gasteiger partial charge in [0.1, 0.15) is 18.2 Å². The van der Waals surface area contributed by atoms with Gasteiger partial charge in [-0.25, -0.2) is 13.9 Å². The molecule has 0 spiro atoms. The number of carbonyl (C=O) groups is 2. The van der Waals surface area contributed by atoms with Crippen molar-refractivity contribution in [1.82, 2.24) is 24.1 Å². The highest BCUT2D eigenvalue weighted by molar-refractivity contribution is 5.80. The molecule has 0 saturated carbocycles. The molecule has 9 heteroatoms. The van der Waals surface area contributed by atoms with E-state index in [9.17, 15) is 18.8 Å². The lowest BCUT2D eigenvalue weighted by Gasteiger charge is -2.34. The van der Waals surface area contributed by atoms with Crippen molar-refractivity contribution in [3.05, 3.63) is 52.0 Å². The van der Waals surface area contributed by atoms with Crippen LogP contribution in [0.2, 0.25) is 0 Å². The summed E-state index contributed by atoms with van der Waals surface area (Å²) in [5.41, 5.74) is 0.548. The molecule has 3 heterocycles. The summed E-state index contributed by atoms with van der Waals surface area (Å²) in [6, 6.07) is 5.90. The maximum absolute atomic E-state index is 13.0. The molecule has 2 aromatic rings. The molecule has 2 amide bonds. The molecule has 0 N–H and O–H groups in total. The van der Waals surface area contributed by atoms with Crippen LogP contribution in [-0.4, -0.2) is 62.1 Å². The predicted molar refractivity (Wildman–Crippen MR) is 107 cm³/mol. The largest absolute Gasteiger partial charge is 0.346 e. The Labute approximate surface area is 173 Å². The van der Waals surface area contributed by atoms with Gasteiger partial charge >= 0.3 is 5.69 Å². The van der Waals surface area contributed by atoms with Crippen LogP contribution < -0.4 is 5.69 Å². The smallest absolute Gasteiger partial charge is 0.339 e. The Bertz CT molecular complexity index is 974. The van der Waals surface area contributed by atoms with Crippen molar-refractivity contribution in [2.24, 2.45) is 0 Å². The van der Waals surface area contributed by atoms with Crippen molar-refractivity contribution in [3.8, 4) is 0 Å². The fourth-order valence-corrected chi connectivity index (χ4v) is 4.05. The number of hydrogen-bond donors (Lipinski definition) is 0. The van der Waals surface area contributed by atoms with E-state index in [4.69, 9.17) is 0 Å². The second kappa shape index (κ2) is 8.81. The monoisotopic (exact) mass is 415 g/mol. The summed E-state index contributed by atoms with van der Waals surface area (Å²) in [5.74, 6) is 0.242. The summed E-state index contributed by atoms with van der Waals surface area (Å²) in [6.07, 6.45) is 4.04. The highest BCUT2D eigenvalue weighted by Gasteiger charge is 2.25. The van der Waals surface area contributed by atoms with Gasteiger partial charge in [0.25, 0.3) is 0 Å². The zero-order valence-electron chi connectivity index (χ0n) is 16.9. The second-order valence-electron chi connectivity index (χ2n) is 7.88. The van der Waals surface area contributed by atoms with Crippen molar-refractivity contribution in [3.63, 3.8) is 0 Å². The summed E-state index contributed by atoms with van der Waals surface area (Å²) in [6.45, 7) is 2.34. The first kappa shape index (κ1) is 20.3. The minimum atomic E-state index is -0.327. The van der Waals surface area contributed by atoms with E-state index < -0.39 is 0 Å². The lowest BCUT2D eigenvalue weighted by Crippen LogP contribution is -2.52. The Balaban J connectivity index is 1.31. The Morgan fingerprint density at radius 1 is 0.900 bits per heavy atom. The fraction of sp³-hybridized carbons (Fsp3) is 0.524. The Hall–Kier alpha value is -2.97. The maximum atomic E-state index is 13.0. The van der Waals surface area contributed by atoms with Gasteiger partial charge in [-0.15, -0.1) is 0 Å². The van der Waals surface area contributed by atoms with Crippen LogP contribution in [0.4, 0.5) is 4.39 Å². The third-order valence-corrected chi connectivity index (χ3v) is 5.82. The molecule has 0 bridgehead atoms. The molecule has 4 rings (SSSR count). The van der Waals surface area contributed by atoms with Crippen molar-refractivity contribution < 1.29 is 14.0 Å². The normalized spacial score (nSPS) is 16.8. The average Bonchev–Trinajstić information content (AvgIpc) is 2.91. The Morgan fingerprint density at radius 2 is 1.57 bits per heavy atom. The van der Waals surface area contributed by atoms with E-state index >= 15 is 0 Å². The SMILES string of the molecule is O=C(Cc1ccc(F)cc1)N1CCN(C(=O)Cn2nc3n(c2=O)CCCCC3)CC1. The van der Waals surface area contributed by atoms with E-state index in [2.05, 4.69) is 5.10 Å². The average molecular weight is 415 g/mol. The van der Waals surface area contributed by atoms with Gasteiger partial charge in [-0.2, -0.15) is 5.10 Å². The molecule has 0 radical (unpaired) electrons. The summed E-state index contributed by atoms with van der Waals surface area (Å²) in [5, 5.41) is 4.37. The standard InChI is InChI=1S/C21H26FN5O3/c22-17-7-5-16(6-8-17)14-19(28)24-10-12-25(13-11-24)20(29)15-27-21(30)26-9-3-1-2-4-18(26)23-27/h5-8H,1-4,9-15H2. The lowest BCUT2D eigenvalue weighted by molar-refractivity contribution is -0.139. The van der Waals surface area contributed by atoms with E-state index in [1.807, 2.05) is 0 Å². The van der Waals surface area contributed by atoms with Crippen molar-refractivity contribution in [2.45, 2.75) is 45.2 Å². The number of rotatable bonds is 4. The minimum absolute atomic E-state index is 0.0391. The number of halogens is 1. The second-order valence-corrected chi connectivity index (χ2v) is 7.88. The Kier molecular flexibility index (Phi) is 5.96. The van der Waals surface area contributed by atoms with E-state index in [-0.39, 0.29) is 36.3 Å². The summed E-state index contributed by atoms with van der Waals surface area (Å²) >= 11 is 0. The molecule has 1 aromatic carbocycles. The van der Waals surface area contributed by atoms with Gasteiger partial charge in [0, 0.05) is 39.1 Å². The van der Waals surface area contributed by atoms with Crippen molar-refractivity contribution in [1.29, 1.82) is 0 Å². The molecule has 1 aromatic heterocycles. The van der Waals surface area contributed by atoms with Crippen LogP contribution in [-0.2, 0) is 35.5 Å². The first-order chi connectivity index (χ1) is 14.5. The summed E-state index contributed by atoms with van der Waals surface area (Å²) in [7, 11) is 0. The Morgan fingerprint density at radius 3 is 2.27 bits per heavy atom. The van der Waals surface area contributed by atoms with Gasteiger partial charge in [0.2, 0.25) is 11.8 Å². The molecule has 160 valence electrons. The molecule has 2 aliphatic heterocycles. The third kappa shape index (κ3) is 4.44. The minimum Gasteiger partial charge on any atom is -0.339 e. The van der Waals surface area contributed by atoms with Crippen LogP contribution in [0, 0.1) is 5.82 Å². The van der Waals surface area contributed by atoms with E-state index in [1.165, 1.54) is 16.8 Å². The number of hydrogen-bond acceptors (Lipinski definition) is 4. The molecule has 1 saturated heterocycles. The number of fused-ring (bicyclic) bond motifs is 1. The number of aryl methyl sites for hydroxylation is 1. The molecule has 8 nitrogen and oxygen atoms in total. The molecule has 0 aliphatic carbocycles. The van der Waals surface area contributed by atoms with Crippen molar-refractivity contribution in [2.75, 3.05) is 26.2 Å². The van der Waals surface area contributed by atoms with Crippen LogP contribution in [0.15, 0.2) is 29.1 Å². The van der Waals surface area contributed by atoms with E-state index in [0.29, 0.717) is 32.7 Å². The number of piperazine rings is 1. The van der Waals surface area contributed by atoms with Crippen molar-refractivity contribution >= 4 is 11.8 Å². The zero-order valence-corrected chi connectivity index (χ0v) is 16.9. The van der Waals surface area contributed by atoms with Gasteiger partial charge in [-0.05, 0) is 30.5 Å². The molecule has 30 heavy (non-hydrogen) atoms. The number of benzene rings is 1.